The van der Waals surface area contributed by atoms with Crippen molar-refractivity contribution in [3.63, 3.8) is 0 Å². The molecule has 0 radical (unpaired) electrons. The minimum atomic E-state index is -5.14. The van der Waals surface area contributed by atoms with Crippen LogP contribution in [0.15, 0.2) is 39.8 Å². The molecule has 11 heteroatoms. The van der Waals surface area contributed by atoms with Crippen LogP contribution < -0.4 is 14.6 Å². The maximum atomic E-state index is 13.0. The van der Waals surface area contributed by atoms with Crippen LogP contribution in [0.1, 0.15) is 12.6 Å². The normalized spacial score (nSPS) is 12.4. The number of nitrogens with zero attached hydrogens (tertiary/aromatic N) is 1. The van der Waals surface area contributed by atoms with Crippen LogP contribution in [0.4, 0.5) is 13.2 Å². The van der Waals surface area contributed by atoms with Gasteiger partial charge in [0.05, 0.1) is 12.8 Å². The van der Waals surface area contributed by atoms with Crippen molar-refractivity contribution in [2.75, 3.05) is 7.11 Å². The lowest BCUT2D eigenvalue weighted by molar-refractivity contribution is -0.275. The molecule has 1 aromatic heterocycles. The van der Waals surface area contributed by atoms with Gasteiger partial charge < -0.3 is 14.0 Å². The predicted octanol–water partition coefficient (Wildman–Crippen LogP) is 3.61. The van der Waals surface area contributed by atoms with Gasteiger partial charge in [0.25, 0.3) is 0 Å². The zero-order valence-electron chi connectivity index (χ0n) is 14.7. The Bertz CT molecular complexity index is 1140. The van der Waals surface area contributed by atoms with Gasteiger partial charge in [0.2, 0.25) is 10.0 Å². The van der Waals surface area contributed by atoms with Gasteiger partial charge in [-0.25, -0.2) is 13.6 Å². The van der Waals surface area contributed by atoms with E-state index in [9.17, 15) is 21.6 Å². The Hall–Kier alpha value is -2.79. The van der Waals surface area contributed by atoms with Crippen LogP contribution in [0, 0.1) is 0 Å². The first-order chi connectivity index (χ1) is 13.0. The number of aryl methyl sites for hydroxylation is 1. The second-order valence-corrected chi connectivity index (χ2v) is 7.29. The van der Waals surface area contributed by atoms with Crippen molar-refractivity contribution in [2.24, 2.45) is 5.14 Å². The maximum Gasteiger partial charge on any atom is 0.573 e. The number of aromatic nitrogens is 1. The molecule has 7 nitrogen and oxygen atoms in total. The summed E-state index contributed by atoms with van der Waals surface area (Å²) in [6, 6.07) is 6.43. The van der Waals surface area contributed by atoms with Crippen LogP contribution in [0.5, 0.6) is 11.5 Å². The summed E-state index contributed by atoms with van der Waals surface area (Å²) < 4.78 is 77.1. The molecule has 3 rings (SSSR count). The molecule has 0 unspecified atom stereocenters. The summed E-state index contributed by atoms with van der Waals surface area (Å²) in [4.78, 5) is -0.800. The van der Waals surface area contributed by atoms with Crippen LogP contribution >= 0.6 is 0 Å². The zero-order chi connectivity index (χ0) is 20.7. The first-order valence-electron chi connectivity index (χ1n) is 7.93. The third-order valence-corrected chi connectivity index (χ3v) is 4.93. The lowest BCUT2D eigenvalue weighted by atomic mass is 10.0. The number of rotatable bonds is 5. The van der Waals surface area contributed by atoms with Crippen LogP contribution in [0.25, 0.3) is 22.1 Å². The molecule has 0 saturated heterocycles. The van der Waals surface area contributed by atoms with E-state index >= 15 is 0 Å². The second kappa shape index (κ2) is 6.99. The molecule has 2 aromatic carbocycles. The maximum absolute atomic E-state index is 13.0. The molecule has 0 aliphatic heterocycles. The fraction of sp³-hybridized carbons (Fsp3) is 0.235. The Morgan fingerprint density at radius 1 is 1.21 bits per heavy atom. The van der Waals surface area contributed by atoms with Gasteiger partial charge in [-0.2, -0.15) is 0 Å². The lowest BCUT2D eigenvalue weighted by Crippen LogP contribution is -2.21. The predicted molar refractivity (Wildman–Crippen MR) is 93.4 cm³/mol. The quantitative estimate of drug-likeness (QED) is 0.681. The second-order valence-electron chi connectivity index (χ2n) is 5.76. The summed E-state index contributed by atoms with van der Waals surface area (Å²) in [5.74, 6) is -0.797. The first-order valence-corrected chi connectivity index (χ1v) is 9.48. The van der Waals surface area contributed by atoms with Gasteiger partial charge >= 0.3 is 6.36 Å². The Balaban J connectivity index is 2.37. The number of benzene rings is 2. The SMILES string of the molecule is CCc1noc2cc(OC)c(-c3cccc(S(N)(=O)=O)c3OC(F)(F)F)cc12. The molecule has 0 fully saturated rings. The van der Waals surface area contributed by atoms with Gasteiger partial charge in [-0.1, -0.05) is 24.2 Å². The summed E-state index contributed by atoms with van der Waals surface area (Å²) in [6.07, 6.45) is -4.62. The van der Waals surface area contributed by atoms with Crippen molar-refractivity contribution in [2.45, 2.75) is 24.6 Å². The summed E-state index contributed by atoms with van der Waals surface area (Å²) in [5, 5.41) is 9.54. The number of ether oxygens (including phenoxy) is 2. The number of halogens is 3. The molecular formula is C17H15F3N2O5S. The molecule has 1 heterocycles. The van der Waals surface area contributed by atoms with Crippen molar-refractivity contribution in [3.8, 4) is 22.6 Å². The third kappa shape index (κ3) is 3.76. The largest absolute Gasteiger partial charge is 0.573 e. The minimum absolute atomic E-state index is 0.143. The minimum Gasteiger partial charge on any atom is -0.496 e. The van der Waals surface area contributed by atoms with Gasteiger partial charge in [-0.3, -0.25) is 0 Å². The van der Waals surface area contributed by atoms with Crippen LogP contribution in [-0.2, 0) is 16.4 Å². The van der Waals surface area contributed by atoms with Gasteiger partial charge in [0, 0.05) is 22.6 Å². The van der Waals surface area contributed by atoms with E-state index in [0.717, 1.165) is 6.07 Å². The summed E-state index contributed by atoms with van der Waals surface area (Å²) in [6.45, 7) is 1.83. The standard InChI is InChI=1S/C17H15F3N2O5S/c1-3-12-11-7-10(13(25-2)8-14(11)27-22-12)9-5-4-6-15(28(21,23)24)16(9)26-17(18,19)20/h4-8H,3H2,1-2H3,(H2,21,23,24). The molecular weight excluding hydrogens is 401 g/mol. The molecule has 28 heavy (non-hydrogen) atoms. The van der Waals surface area contributed by atoms with E-state index in [4.69, 9.17) is 14.4 Å². The van der Waals surface area contributed by atoms with E-state index in [1.807, 2.05) is 6.92 Å². The van der Waals surface area contributed by atoms with E-state index in [2.05, 4.69) is 9.89 Å². The van der Waals surface area contributed by atoms with E-state index in [0.29, 0.717) is 23.1 Å². The van der Waals surface area contributed by atoms with Crippen LogP contribution in [0.3, 0.4) is 0 Å². The monoisotopic (exact) mass is 416 g/mol. The highest BCUT2D eigenvalue weighted by Gasteiger charge is 2.35. The third-order valence-electron chi connectivity index (χ3n) is 4.00. The van der Waals surface area contributed by atoms with Crippen molar-refractivity contribution in [1.29, 1.82) is 0 Å². The van der Waals surface area contributed by atoms with Crippen molar-refractivity contribution in [1.82, 2.24) is 5.16 Å². The Kier molecular flexibility index (Phi) is 4.98. The van der Waals surface area contributed by atoms with E-state index in [1.165, 1.54) is 31.4 Å². The Labute approximate surface area is 157 Å². The van der Waals surface area contributed by atoms with E-state index in [-0.39, 0.29) is 16.9 Å². The average molecular weight is 416 g/mol. The number of hydrogen-bond acceptors (Lipinski definition) is 6. The number of primary sulfonamides is 1. The highest BCUT2D eigenvalue weighted by Crippen LogP contribution is 2.43. The molecule has 0 aliphatic carbocycles. The number of sulfonamides is 1. The highest BCUT2D eigenvalue weighted by molar-refractivity contribution is 7.89. The van der Waals surface area contributed by atoms with Gasteiger partial charge in [-0.15, -0.1) is 13.2 Å². The first kappa shape index (κ1) is 20.0. The van der Waals surface area contributed by atoms with E-state index < -0.39 is 27.0 Å². The van der Waals surface area contributed by atoms with Crippen molar-refractivity contribution >= 4 is 21.0 Å². The fourth-order valence-electron chi connectivity index (χ4n) is 2.82. The zero-order valence-corrected chi connectivity index (χ0v) is 15.5. The van der Waals surface area contributed by atoms with Crippen molar-refractivity contribution < 1.29 is 35.6 Å². The van der Waals surface area contributed by atoms with Crippen LogP contribution in [-0.4, -0.2) is 27.0 Å². The van der Waals surface area contributed by atoms with Crippen LogP contribution in [0.2, 0.25) is 0 Å². The Morgan fingerprint density at radius 2 is 1.93 bits per heavy atom. The molecule has 0 aliphatic rings. The van der Waals surface area contributed by atoms with Crippen molar-refractivity contribution in [3.05, 3.63) is 36.0 Å². The topological polar surface area (TPSA) is 105 Å². The molecule has 150 valence electrons. The molecule has 2 N–H and O–H groups in total. The molecule has 0 amide bonds. The van der Waals surface area contributed by atoms with Gasteiger partial charge in [-0.05, 0) is 18.6 Å². The number of para-hydroxylation sites is 1. The Morgan fingerprint density at radius 3 is 2.50 bits per heavy atom. The highest BCUT2D eigenvalue weighted by atomic mass is 32.2. The van der Waals surface area contributed by atoms with Gasteiger partial charge in [0.15, 0.2) is 11.3 Å². The number of methoxy groups -OCH3 is 1. The molecule has 0 spiro atoms. The summed E-state index contributed by atoms with van der Waals surface area (Å²) >= 11 is 0. The molecule has 3 aromatic rings. The number of nitrogens with two attached hydrogens (primary N) is 1. The van der Waals surface area contributed by atoms with E-state index in [1.54, 1.807) is 0 Å². The smallest absolute Gasteiger partial charge is 0.496 e. The fourth-order valence-corrected chi connectivity index (χ4v) is 3.50. The van der Waals surface area contributed by atoms with Gasteiger partial charge in [0.1, 0.15) is 10.6 Å². The number of hydrogen-bond donors (Lipinski definition) is 1. The molecule has 0 saturated carbocycles. The number of alkyl halides is 3. The number of fused-ring (bicyclic) bond motifs is 1. The lowest BCUT2D eigenvalue weighted by Gasteiger charge is -2.18. The molecule has 0 atom stereocenters. The summed E-state index contributed by atoms with van der Waals surface area (Å²) in [5.41, 5.74) is 0.960. The average Bonchev–Trinajstić information content (AvgIpc) is 3.00. The molecule has 0 bridgehead atoms. The summed E-state index contributed by atoms with van der Waals surface area (Å²) in [7, 11) is -3.18.